The molecule has 0 spiro atoms. The number of hydrogen-bond donors (Lipinski definition) is 1. The van der Waals surface area contributed by atoms with Crippen molar-refractivity contribution in [2.45, 2.75) is 5.38 Å². The van der Waals surface area contributed by atoms with Crippen LogP contribution >= 0.6 is 11.6 Å². The van der Waals surface area contributed by atoms with Gasteiger partial charge >= 0.3 is 0 Å². The highest BCUT2D eigenvalue weighted by Crippen LogP contribution is 2.28. The van der Waals surface area contributed by atoms with Gasteiger partial charge in [-0.1, -0.05) is 12.1 Å². The molecule has 0 saturated heterocycles. The number of carbonyl (C=O) groups excluding carboxylic acids is 1. The smallest absolute Gasteiger partial charge is 0.243 e. The molecule has 0 aliphatic carbocycles. The van der Waals surface area contributed by atoms with Crippen LogP contribution in [0.15, 0.2) is 24.3 Å². The fourth-order valence-electron chi connectivity index (χ4n) is 1.70. The van der Waals surface area contributed by atoms with Crippen LogP contribution in [0.4, 0.5) is 11.4 Å². The molecule has 1 atom stereocenters. The van der Waals surface area contributed by atoms with E-state index in [2.05, 4.69) is 5.32 Å². The number of alkyl halides is 1. The molecule has 2 rings (SSSR count). The zero-order valence-corrected chi connectivity index (χ0v) is 9.24. The van der Waals surface area contributed by atoms with Crippen molar-refractivity contribution in [2.75, 3.05) is 23.3 Å². The summed E-state index contributed by atoms with van der Waals surface area (Å²) in [5.41, 5.74) is 1.67. The van der Waals surface area contributed by atoms with Crippen LogP contribution in [0.1, 0.15) is 0 Å². The lowest BCUT2D eigenvalue weighted by molar-refractivity contribution is -0.115. The molecule has 0 saturated carbocycles. The van der Waals surface area contributed by atoms with Crippen molar-refractivity contribution in [1.29, 1.82) is 5.26 Å². The number of hydrogen-bond acceptors (Lipinski definition) is 3. The van der Waals surface area contributed by atoms with Gasteiger partial charge < -0.3 is 10.2 Å². The van der Waals surface area contributed by atoms with E-state index in [1.165, 1.54) is 0 Å². The summed E-state index contributed by atoms with van der Waals surface area (Å²) in [6.45, 7) is 0.588. The second-order valence-corrected chi connectivity index (χ2v) is 4.07. The van der Waals surface area contributed by atoms with Crippen molar-refractivity contribution in [2.24, 2.45) is 0 Å². The number of halogens is 1. The van der Waals surface area contributed by atoms with Crippen molar-refractivity contribution < 1.29 is 4.79 Å². The van der Waals surface area contributed by atoms with E-state index >= 15 is 0 Å². The van der Waals surface area contributed by atoms with Crippen molar-refractivity contribution in [3.05, 3.63) is 24.3 Å². The first-order valence-corrected chi connectivity index (χ1v) is 5.32. The predicted molar refractivity (Wildman–Crippen MR) is 62.5 cm³/mol. The molecule has 1 aliphatic rings. The molecule has 0 radical (unpaired) electrons. The van der Waals surface area contributed by atoms with Gasteiger partial charge in [0.05, 0.1) is 24.0 Å². The van der Waals surface area contributed by atoms with E-state index in [1.807, 2.05) is 35.2 Å². The summed E-state index contributed by atoms with van der Waals surface area (Å²) in [4.78, 5) is 13.2. The molecule has 0 fully saturated rings. The van der Waals surface area contributed by atoms with Crippen LogP contribution in [0.2, 0.25) is 0 Å². The van der Waals surface area contributed by atoms with Gasteiger partial charge in [0, 0.05) is 6.54 Å². The number of rotatable bonds is 2. The molecule has 1 heterocycles. The first-order valence-electron chi connectivity index (χ1n) is 4.88. The number of nitrogens with zero attached hydrogens (tertiary/aromatic N) is 2. The molecular formula is C11H10ClN3O. The van der Waals surface area contributed by atoms with Gasteiger partial charge in [-0.15, -0.1) is 11.6 Å². The zero-order valence-electron chi connectivity index (χ0n) is 8.48. The summed E-state index contributed by atoms with van der Waals surface area (Å²) < 4.78 is 0. The Morgan fingerprint density at radius 2 is 2.31 bits per heavy atom. The summed E-state index contributed by atoms with van der Waals surface area (Å²) in [5.74, 6) is -0.0829. The molecule has 5 heteroatoms. The normalized spacial score (nSPS) is 16.0. The summed E-state index contributed by atoms with van der Waals surface area (Å²) in [7, 11) is 0. The second kappa shape index (κ2) is 4.42. The molecule has 0 aromatic heterocycles. The molecule has 1 aromatic rings. The van der Waals surface area contributed by atoms with Crippen molar-refractivity contribution in [3.8, 4) is 6.07 Å². The number of anilines is 2. The van der Waals surface area contributed by atoms with E-state index in [1.54, 1.807) is 0 Å². The highest BCUT2D eigenvalue weighted by atomic mass is 35.5. The first kappa shape index (κ1) is 10.8. The first-order chi connectivity index (χ1) is 7.70. The maximum atomic E-state index is 11.4. The van der Waals surface area contributed by atoms with E-state index in [-0.39, 0.29) is 12.5 Å². The maximum Gasteiger partial charge on any atom is 0.243 e. The fourth-order valence-corrected chi connectivity index (χ4v) is 1.87. The lowest BCUT2D eigenvalue weighted by Gasteiger charge is -2.30. The van der Waals surface area contributed by atoms with E-state index in [9.17, 15) is 4.79 Å². The lowest BCUT2D eigenvalue weighted by atomic mass is 10.2. The summed E-state index contributed by atoms with van der Waals surface area (Å²) in [6, 6.07) is 9.42. The summed E-state index contributed by atoms with van der Waals surface area (Å²) >= 11 is 5.78. The number of benzene rings is 1. The predicted octanol–water partition coefficient (Wildman–Crippen LogP) is 1.58. The molecule has 1 amide bonds. The van der Waals surface area contributed by atoms with Crippen LogP contribution in [-0.4, -0.2) is 24.4 Å². The molecule has 1 aromatic carbocycles. The molecule has 4 nitrogen and oxygen atoms in total. The highest BCUT2D eigenvalue weighted by Gasteiger charge is 2.22. The Morgan fingerprint density at radius 3 is 3.06 bits per heavy atom. The van der Waals surface area contributed by atoms with Gasteiger partial charge in [0.25, 0.3) is 0 Å². The van der Waals surface area contributed by atoms with Crippen molar-refractivity contribution in [3.63, 3.8) is 0 Å². The van der Waals surface area contributed by atoms with E-state index < -0.39 is 5.38 Å². The molecule has 1 aliphatic heterocycles. The van der Waals surface area contributed by atoms with Crippen molar-refractivity contribution >= 4 is 28.9 Å². The highest BCUT2D eigenvalue weighted by molar-refractivity contribution is 6.22. The fraction of sp³-hybridized carbons (Fsp3) is 0.273. The lowest BCUT2D eigenvalue weighted by Crippen LogP contribution is -2.40. The van der Waals surface area contributed by atoms with Crippen LogP contribution in [0.25, 0.3) is 0 Å². The number of para-hydroxylation sites is 2. The van der Waals surface area contributed by atoms with Gasteiger partial charge in [0.1, 0.15) is 5.38 Å². The topological polar surface area (TPSA) is 56.1 Å². The van der Waals surface area contributed by atoms with Gasteiger partial charge in [-0.2, -0.15) is 5.26 Å². The largest absolute Gasteiger partial charge is 0.358 e. The molecule has 1 N–H and O–H groups in total. The van der Waals surface area contributed by atoms with E-state index in [0.717, 1.165) is 11.4 Å². The van der Waals surface area contributed by atoms with Gasteiger partial charge in [-0.3, -0.25) is 4.79 Å². The number of carbonyl (C=O) groups is 1. The van der Waals surface area contributed by atoms with Gasteiger partial charge in [-0.25, -0.2) is 0 Å². The van der Waals surface area contributed by atoms with Gasteiger partial charge in [0.2, 0.25) is 5.91 Å². The quantitative estimate of drug-likeness (QED) is 0.792. The third-order valence-corrected chi connectivity index (χ3v) is 2.61. The molecule has 0 bridgehead atoms. The van der Waals surface area contributed by atoms with Crippen molar-refractivity contribution in [1.82, 2.24) is 0 Å². The monoisotopic (exact) mass is 235 g/mol. The second-order valence-electron chi connectivity index (χ2n) is 3.54. The average molecular weight is 236 g/mol. The Kier molecular flexibility index (Phi) is 2.97. The third kappa shape index (κ3) is 2.10. The minimum atomic E-state index is -0.612. The number of nitrogens with one attached hydrogen (secondary N) is 1. The SMILES string of the molecule is N#CC(Cl)CN1CC(=O)Nc2ccccc21. The summed E-state index contributed by atoms with van der Waals surface area (Å²) in [6.07, 6.45) is 0. The number of fused-ring (bicyclic) bond motifs is 1. The Morgan fingerprint density at radius 1 is 1.56 bits per heavy atom. The van der Waals surface area contributed by atoms with E-state index in [0.29, 0.717) is 6.54 Å². The standard InChI is InChI=1S/C11H10ClN3O/c12-8(5-13)6-15-7-11(16)14-9-3-1-2-4-10(9)15/h1-4,8H,6-7H2,(H,14,16). The van der Waals surface area contributed by atoms with Crippen LogP contribution < -0.4 is 10.2 Å². The molecule has 82 valence electrons. The molecule has 16 heavy (non-hydrogen) atoms. The Labute approximate surface area is 98.4 Å². The van der Waals surface area contributed by atoms with Gasteiger partial charge in [0.15, 0.2) is 0 Å². The van der Waals surface area contributed by atoms with Crippen LogP contribution in [0, 0.1) is 11.3 Å². The summed E-state index contributed by atoms with van der Waals surface area (Å²) in [5, 5.41) is 10.8. The molecule has 1 unspecified atom stereocenters. The minimum Gasteiger partial charge on any atom is -0.358 e. The number of nitriles is 1. The Balaban J connectivity index is 2.27. The minimum absolute atomic E-state index is 0.0829. The Bertz CT molecular complexity index is 455. The van der Waals surface area contributed by atoms with Crippen LogP contribution in [0.5, 0.6) is 0 Å². The maximum absolute atomic E-state index is 11.4. The average Bonchev–Trinajstić information content (AvgIpc) is 2.28. The van der Waals surface area contributed by atoms with Crippen LogP contribution in [-0.2, 0) is 4.79 Å². The van der Waals surface area contributed by atoms with E-state index in [4.69, 9.17) is 16.9 Å². The number of amides is 1. The third-order valence-electron chi connectivity index (χ3n) is 2.37. The van der Waals surface area contributed by atoms with Crippen LogP contribution in [0.3, 0.4) is 0 Å². The Hall–Kier alpha value is -1.73. The van der Waals surface area contributed by atoms with Gasteiger partial charge in [-0.05, 0) is 12.1 Å². The molecular weight excluding hydrogens is 226 g/mol. The zero-order chi connectivity index (χ0) is 11.5.